The van der Waals surface area contributed by atoms with Gasteiger partial charge in [0.05, 0.1) is 10.9 Å². The van der Waals surface area contributed by atoms with E-state index < -0.39 is 11.9 Å². The minimum Gasteiger partial charge on any atom is -0.345 e. The number of rotatable bonds is 2. The van der Waals surface area contributed by atoms with E-state index in [1.54, 1.807) is 0 Å². The molecule has 0 amide bonds. The Kier molecular flexibility index (Phi) is 1.66. The van der Waals surface area contributed by atoms with Crippen LogP contribution >= 0.6 is 15.9 Å². The summed E-state index contributed by atoms with van der Waals surface area (Å²) >= 11 is 4.05. The van der Waals surface area contributed by atoms with Crippen molar-refractivity contribution in [3.8, 4) is 0 Å². The van der Waals surface area contributed by atoms with Gasteiger partial charge in [0.15, 0.2) is 11.6 Å². The van der Waals surface area contributed by atoms with Crippen LogP contribution < -0.4 is 0 Å². The van der Waals surface area contributed by atoms with Gasteiger partial charge in [-0.1, -0.05) is 46.3 Å². The van der Waals surface area contributed by atoms with Gasteiger partial charge in [-0.25, -0.2) is 0 Å². The first-order valence-corrected chi connectivity index (χ1v) is 9.09. The largest absolute Gasteiger partial charge is 0.345 e. The first-order chi connectivity index (χ1) is 10.7. The van der Waals surface area contributed by atoms with Gasteiger partial charge in [-0.2, -0.15) is 0 Å². The molecule has 6 atom stereocenters. The average molecular weight is 359 g/mol. The lowest BCUT2D eigenvalue weighted by molar-refractivity contribution is -0.368. The summed E-state index contributed by atoms with van der Waals surface area (Å²) in [6.07, 6.45) is -0.438. The molecule has 6 aliphatic carbocycles. The highest BCUT2D eigenvalue weighted by molar-refractivity contribution is 9.10. The van der Waals surface area contributed by atoms with E-state index in [1.807, 2.05) is 30.3 Å². The summed E-state index contributed by atoms with van der Waals surface area (Å²) in [5.41, 5.74) is 0.725. The SMILES string of the molecule is O=C(c1ccccc1)C1COC2(O1)C1C3C4C1C1C4C3C12Br. The highest BCUT2D eigenvalue weighted by Gasteiger charge is 3.04. The maximum atomic E-state index is 12.7. The Labute approximate surface area is 136 Å². The Morgan fingerprint density at radius 3 is 2.36 bits per heavy atom. The van der Waals surface area contributed by atoms with Crippen molar-refractivity contribution in [1.29, 1.82) is 0 Å². The number of hydrogen-bond acceptors (Lipinski definition) is 3. The number of hydrogen-bond donors (Lipinski definition) is 0. The Bertz CT molecular complexity index is 728. The maximum Gasteiger partial charge on any atom is 0.194 e. The highest BCUT2D eigenvalue weighted by atomic mass is 79.9. The molecule has 112 valence electrons. The lowest BCUT2D eigenvalue weighted by Crippen LogP contribution is -2.86. The Morgan fingerprint density at radius 1 is 1.05 bits per heavy atom. The van der Waals surface area contributed by atoms with Crippen molar-refractivity contribution in [3.05, 3.63) is 35.9 Å². The van der Waals surface area contributed by atoms with E-state index in [-0.39, 0.29) is 10.1 Å². The normalized spacial score (nSPS) is 63.7. The molecule has 6 saturated carbocycles. The van der Waals surface area contributed by atoms with Crippen LogP contribution in [0.15, 0.2) is 30.3 Å². The van der Waals surface area contributed by atoms with E-state index in [4.69, 9.17) is 9.47 Å². The van der Waals surface area contributed by atoms with Crippen LogP contribution in [0.2, 0.25) is 0 Å². The standard InChI is InChI=1S/C18H15BrO3/c19-17-13-10-9-11(13)15(12(9)14(10)17)18(17)21-6-8(22-18)16(20)7-4-2-1-3-5-7/h1-5,8-15H,6H2. The first kappa shape index (κ1) is 11.8. The third-order valence-electron chi connectivity index (χ3n) is 7.88. The second kappa shape index (κ2) is 3.11. The quantitative estimate of drug-likeness (QED) is 0.601. The van der Waals surface area contributed by atoms with E-state index in [2.05, 4.69) is 15.9 Å². The Morgan fingerprint density at radius 2 is 1.73 bits per heavy atom. The van der Waals surface area contributed by atoms with E-state index in [0.29, 0.717) is 12.5 Å². The number of carbonyl (C=O) groups excluding carboxylic acids is 1. The van der Waals surface area contributed by atoms with Crippen LogP contribution in [-0.4, -0.2) is 28.6 Å². The second-order valence-electron chi connectivity index (χ2n) is 7.97. The zero-order chi connectivity index (χ0) is 14.4. The zero-order valence-corrected chi connectivity index (χ0v) is 13.4. The summed E-state index contributed by atoms with van der Waals surface area (Å²) in [6, 6.07) is 9.46. The topological polar surface area (TPSA) is 35.5 Å². The number of carbonyl (C=O) groups is 1. The number of halogens is 1. The molecular weight excluding hydrogens is 344 g/mol. The van der Waals surface area contributed by atoms with Gasteiger partial charge in [0.2, 0.25) is 0 Å². The molecule has 1 aliphatic heterocycles. The molecule has 0 radical (unpaired) electrons. The maximum absolute atomic E-state index is 12.7. The number of alkyl halides is 1. The Hall–Kier alpha value is -0.710. The molecule has 1 saturated heterocycles. The smallest absolute Gasteiger partial charge is 0.194 e. The molecule has 22 heavy (non-hydrogen) atoms. The van der Waals surface area contributed by atoms with Gasteiger partial charge in [-0.15, -0.1) is 0 Å². The molecule has 7 fully saturated rings. The first-order valence-electron chi connectivity index (χ1n) is 8.30. The predicted molar refractivity (Wildman–Crippen MR) is 80.4 cm³/mol. The van der Waals surface area contributed by atoms with Crippen LogP contribution in [0, 0.1) is 41.4 Å². The summed E-state index contributed by atoms with van der Waals surface area (Å²) in [7, 11) is 0. The fraction of sp³-hybridized carbons (Fsp3) is 0.611. The molecular formula is C18H15BrO3. The van der Waals surface area contributed by atoms with Crippen LogP contribution in [0.3, 0.4) is 0 Å². The van der Waals surface area contributed by atoms with Gasteiger partial charge in [0, 0.05) is 11.5 Å². The fourth-order valence-corrected chi connectivity index (χ4v) is 9.13. The summed E-state index contributed by atoms with van der Waals surface area (Å²) in [5, 5.41) is 0. The monoisotopic (exact) mass is 358 g/mol. The third-order valence-corrected chi connectivity index (χ3v) is 9.49. The highest BCUT2D eigenvalue weighted by Crippen LogP contribution is 3.00. The molecule has 1 heterocycles. The van der Waals surface area contributed by atoms with Crippen molar-refractivity contribution in [2.45, 2.75) is 16.2 Å². The van der Waals surface area contributed by atoms with Gasteiger partial charge in [0.25, 0.3) is 0 Å². The molecule has 0 aromatic heterocycles. The summed E-state index contributed by atoms with van der Waals surface area (Å²) in [4.78, 5) is 12.7. The lowest BCUT2D eigenvalue weighted by atomic mass is 9.20. The van der Waals surface area contributed by atoms with Gasteiger partial charge in [0.1, 0.15) is 6.10 Å². The average Bonchev–Trinajstić information content (AvgIpc) is 3.00. The molecule has 0 N–H and O–H groups in total. The zero-order valence-electron chi connectivity index (χ0n) is 11.8. The van der Waals surface area contributed by atoms with Crippen molar-refractivity contribution in [2.24, 2.45) is 41.4 Å². The number of benzene rings is 1. The van der Waals surface area contributed by atoms with Gasteiger partial charge < -0.3 is 9.47 Å². The van der Waals surface area contributed by atoms with E-state index in [1.165, 1.54) is 0 Å². The molecule has 8 rings (SSSR count). The summed E-state index contributed by atoms with van der Waals surface area (Å²) in [5.74, 6) is 5.15. The lowest BCUT2D eigenvalue weighted by Gasteiger charge is -2.85. The minimum atomic E-state index is -0.504. The van der Waals surface area contributed by atoms with Crippen molar-refractivity contribution in [1.82, 2.24) is 0 Å². The number of ketones is 1. The fourth-order valence-electron chi connectivity index (χ4n) is 7.43. The molecule has 4 heteroatoms. The van der Waals surface area contributed by atoms with E-state index >= 15 is 0 Å². The van der Waals surface area contributed by atoms with Crippen molar-refractivity contribution < 1.29 is 14.3 Å². The molecule has 1 aromatic carbocycles. The van der Waals surface area contributed by atoms with Gasteiger partial charge in [-0.3, -0.25) is 4.79 Å². The van der Waals surface area contributed by atoms with E-state index in [9.17, 15) is 4.79 Å². The predicted octanol–water partition coefficient (Wildman–Crippen LogP) is 2.50. The molecule has 1 spiro atoms. The van der Waals surface area contributed by atoms with Gasteiger partial charge in [-0.05, 0) is 35.5 Å². The third kappa shape index (κ3) is 0.809. The summed E-state index contributed by atoms with van der Waals surface area (Å²) < 4.78 is 12.7. The van der Waals surface area contributed by atoms with Crippen molar-refractivity contribution >= 4 is 21.7 Å². The van der Waals surface area contributed by atoms with Gasteiger partial charge >= 0.3 is 0 Å². The van der Waals surface area contributed by atoms with Crippen LogP contribution in [0.4, 0.5) is 0 Å². The van der Waals surface area contributed by atoms with Crippen LogP contribution in [0.1, 0.15) is 10.4 Å². The number of ether oxygens (including phenoxy) is 2. The Balaban J connectivity index is 1.26. The molecule has 1 aromatic rings. The van der Waals surface area contributed by atoms with Crippen molar-refractivity contribution in [3.63, 3.8) is 0 Å². The van der Waals surface area contributed by atoms with Crippen LogP contribution in [-0.2, 0) is 9.47 Å². The molecule has 7 aliphatic rings. The second-order valence-corrected chi connectivity index (χ2v) is 9.28. The van der Waals surface area contributed by atoms with Crippen molar-refractivity contribution in [2.75, 3.05) is 6.61 Å². The minimum absolute atomic E-state index is 0.0190. The van der Waals surface area contributed by atoms with Crippen LogP contribution in [0.5, 0.6) is 0 Å². The number of Topliss-reactive ketones (excluding diaryl/α,β-unsaturated/α-hetero) is 1. The molecule has 2 bridgehead atoms. The molecule has 3 nitrogen and oxygen atoms in total. The van der Waals surface area contributed by atoms with Crippen LogP contribution in [0.25, 0.3) is 0 Å². The molecule has 6 unspecified atom stereocenters. The summed E-state index contributed by atoms with van der Waals surface area (Å²) in [6.45, 7) is 0.409. The van der Waals surface area contributed by atoms with E-state index in [0.717, 1.165) is 41.1 Å².